The van der Waals surface area contributed by atoms with Crippen molar-refractivity contribution in [1.29, 1.82) is 0 Å². The highest BCUT2D eigenvalue weighted by atomic mass is 35.5. The van der Waals surface area contributed by atoms with Crippen molar-refractivity contribution in [1.82, 2.24) is 0 Å². The van der Waals surface area contributed by atoms with Crippen LogP contribution in [0.3, 0.4) is 0 Å². The van der Waals surface area contributed by atoms with Gasteiger partial charge in [-0.1, -0.05) is 18.2 Å². The van der Waals surface area contributed by atoms with Crippen LogP contribution in [0.1, 0.15) is 22.1 Å². The lowest BCUT2D eigenvalue weighted by Crippen LogP contribution is -2.18. The molecule has 0 spiro atoms. The molecule has 70 valence electrons. The molecule has 1 amide bonds. The van der Waals surface area contributed by atoms with Crippen molar-refractivity contribution in [2.24, 2.45) is 5.73 Å². The van der Waals surface area contributed by atoms with Gasteiger partial charge in [-0.25, -0.2) is 0 Å². The summed E-state index contributed by atoms with van der Waals surface area (Å²) in [6.07, 6.45) is 0. The molecule has 0 radical (unpaired) electrons. The normalized spacial score (nSPS) is 12.5. The molecule has 1 unspecified atom stereocenters. The lowest BCUT2D eigenvalue weighted by molar-refractivity contribution is -0.117. The van der Waals surface area contributed by atoms with E-state index in [1.807, 2.05) is 32.0 Å². The summed E-state index contributed by atoms with van der Waals surface area (Å²) in [6, 6.07) is 5.76. The molecule has 3 heteroatoms. The van der Waals surface area contributed by atoms with E-state index in [0.717, 1.165) is 16.7 Å². The molecule has 1 aromatic rings. The predicted molar refractivity (Wildman–Crippen MR) is 53.7 cm³/mol. The number of amides is 1. The monoisotopic (exact) mass is 197 g/mol. The highest BCUT2D eigenvalue weighted by Gasteiger charge is 2.17. The number of nitrogens with two attached hydrogens (primary N) is 1. The van der Waals surface area contributed by atoms with Gasteiger partial charge in [0.1, 0.15) is 5.38 Å². The first kappa shape index (κ1) is 10.1. The molecule has 0 fully saturated rings. The molecule has 1 aromatic carbocycles. The summed E-state index contributed by atoms with van der Waals surface area (Å²) >= 11 is 5.88. The van der Waals surface area contributed by atoms with Crippen LogP contribution >= 0.6 is 11.6 Å². The number of aryl methyl sites for hydroxylation is 2. The average Bonchev–Trinajstić information content (AvgIpc) is 2.03. The van der Waals surface area contributed by atoms with Gasteiger partial charge >= 0.3 is 0 Å². The molecule has 0 aliphatic rings. The van der Waals surface area contributed by atoms with Crippen molar-refractivity contribution in [3.05, 3.63) is 34.9 Å². The van der Waals surface area contributed by atoms with E-state index in [9.17, 15) is 4.79 Å². The Bertz CT molecular complexity index is 315. The molecule has 1 atom stereocenters. The van der Waals surface area contributed by atoms with E-state index in [0.29, 0.717) is 0 Å². The number of hydrogen-bond donors (Lipinski definition) is 1. The summed E-state index contributed by atoms with van der Waals surface area (Å²) in [5.41, 5.74) is 7.96. The van der Waals surface area contributed by atoms with Gasteiger partial charge in [0.15, 0.2) is 0 Å². The van der Waals surface area contributed by atoms with Crippen LogP contribution in [0.2, 0.25) is 0 Å². The van der Waals surface area contributed by atoms with Crippen LogP contribution in [0.15, 0.2) is 18.2 Å². The summed E-state index contributed by atoms with van der Waals surface area (Å²) in [5, 5.41) is -0.721. The molecule has 0 aromatic heterocycles. The molecule has 1 rings (SSSR count). The molecule has 0 bridgehead atoms. The first-order valence-electron chi connectivity index (χ1n) is 4.03. The van der Waals surface area contributed by atoms with Crippen molar-refractivity contribution < 1.29 is 4.79 Å². The van der Waals surface area contributed by atoms with E-state index in [1.165, 1.54) is 0 Å². The Morgan fingerprint density at radius 1 is 1.38 bits per heavy atom. The second-order valence-corrected chi connectivity index (χ2v) is 3.51. The topological polar surface area (TPSA) is 43.1 Å². The molecule has 2 N–H and O–H groups in total. The predicted octanol–water partition coefficient (Wildman–Crippen LogP) is 2.07. The third kappa shape index (κ3) is 2.01. The fraction of sp³-hybridized carbons (Fsp3) is 0.300. The van der Waals surface area contributed by atoms with Crippen LogP contribution in [0.4, 0.5) is 0 Å². The lowest BCUT2D eigenvalue weighted by Gasteiger charge is -2.12. The van der Waals surface area contributed by atoms with E-state index in [-0.39, 0.29) is 0 Å². The number of halogens is 1. The average molecular weight is 198 g/mol. The number of benzene rings is 1. The summed E-state index contributed by atoms with van der Waals surface area (Å²) in [7, 11) is 0. The maximum absolute atomic E-state index is 10.9. The first-order valence-corrected chi connectivity index (χ1v) is 4.47. The zero-order valence-electron chi connectivity index (χ0n) is 7.67. The van der Waals surface area contributed by atoms with E-state index < -0.39 is 11.3 Å². The van der Waals surface area contributed by atoms with Crippen LogP contribution in [0.5, 0.6) is 0 Å². The fourth-order valence-corrected chi connectivity index (χ4v) is 1.71. The molecule has 0 aliphatic heterocycles. The van der Waals surface area contributed by atoms with Gasteiger partial charge in [-0.3, -0.25) is 4.79 Å². The maximum Gasteiger partial charge on any atom is 0.240 e. The van der Waals surface area contributed by atoms with Crippen LogP contribution in [-0.4, -0.2) is 5.91 Å². The number of rotatable bonds is 2. The Labute approximate surface area is 82.7 Å². The molecular weight excluding hydrogens is 186 g/mol. The molecule has 0 heterocycles. The van der Waals surface area contributed by atoms with Crippen molar-refractivity contribution in [3.8, 4) is 0 Å². The van der Waals surface area contributed by atoms with E-state index in [1.54, 1.807) is 0 Å². The largest absolute Gasteiger partial charge is 0.368 e. The van der Waals surface area contributed by atoms with Gasteiger partial charge in [-0.2, -0.15) is 0 Å². The zero-order valence-corrected chi connectivity index (χ0v) is 8.43. The van der Waals surface area contributed by atoms with Gasteiger partial charge in [0.2, 0.25) is 5.91 Å². The minimum absolute atomic E-state index is 0.501. The minimum atomic E-state index is -0.721. The minimum Gasteiger partial charge on any atom is -0.368 e. The molecule has 13 heavy (non-hydrogen) atoms. The summed E-state index contributed by atoms with van der Waals surface area (Å²) in [6.45, 7) is 3.83. The second-order valence-electron chi connectivity index (χ2n) is 3.07. The van der Waals surface area contributed by atoms with Crippen LogP contribution in [0.25, 0.3) is 0 Å². The maximum atomic E-state index is 10.9. The van der Waals surface area contributed by atoms with E-state index in [2.05, 4.69) is 0 Å². The molecular formula is C10H12ClNO. The standard InChI is InChI=1S/C10H12ClNO/c1-6-4-3-5-7(2)8(6)9(11)10(12)13/h3-5,9H,1-2H3,(H2,12,13). The van der Waals surface area contributed by atoms with Crippen molar-refractivity contribution in [2.45, 2.75) is 19.2 Å². The van der Waals surface area contributed by atoms with Gasteiger partial charge in [-0.15, -0.1) is 11.6 Å². The quantitative estimate of drug-likeness (QED) is 0.725. The Balaban J connectivity index is 3.20. The number of alkyl halides is 1. The number of hydrogen-bond acceptors (Lipinski definition) is 1. The van der Waals surface area contributed by atoms with Gasteiger partial charge < -0.3 is 5.73 Å². The zero-order chi connectivity index (χ0) is 10.0. The van der Waals surface area contributed by atoms with Gasteiger partial charge in [0.25, 0.3) is 0 Å². The Morgan fingerprint density at radius 3 is 2.23 bits per heavy atom. The van der Waals surface area contributed by atoms with E-state index >= 15 is 0 Å². The fourth-order valence-electron chi connectivity index (χ4n) is 1.37. The summed E-state index contributed by atoms with van der Waals surface area (Å²) in [4.78, 5) is 10.9. The second kappa shape index (κ2) is 3.79. The third-order valence-electron chi connectivity index (χ3n) is 2.05. The highest BCUT2D eigenvalue weighted by Crippen LogP contribution is 2.26. The lowest BCUT2D eigenvalue weighted by atomic mass is 10.00. The Hall–Kier alpha value is -1.02. The number of carbonyl (C=O) groups excluding carboxylic acids is 1. The SMILES string of the molecule is Cc1cccc(C)c1C(Cl)C(N)=O. The molecule has 0 saturated heterocycles. The van der Waals surface area contributed by atoms with Crippen molar-refractivity contribution in [3.63, 3.8) is 0 Å². The number of carbonyl (C=O) groups is 1. The number of primary amides is 1. The first-order chi connectivity index (χ1) is 6.04. The molecule has 0 aliphatic carbocycles. The summed E-state index contributed by atoms with van der Waals surface area (Å²) < 4.78 is 0. The van der Waals surface area contributed by atoms with Crippen molar-refractivity contribution >= 4 is 17.5 Å². The van der Waals surface area contributed by atoms with Crippen LogP contribution in [0, 0.1) is 13.8 Å². The smallest absolute Gasteiger partial charge is 0.240 e. The van der Waals surface area contributed by atoms with Crippen LogP contribution in [-0.2, 0) is 4.79 Å². The van der Waals surface area contributed by atoms with Gasteiger partial charge in [0.05, 0.1) is 0 Å². The van der Waals surface area contributed by atoms with Gasteiger partial charge in [-0.05, 0) is 30.5 Å². The highest BCUT2D eigenvalue weighted by molar-refractivity contribution is 6.30. The molecule has 0 saturated carbocycles. The van der Waals surface area contributed by atoms with Crippen LogP contribution < -0.4 is 5.73 Å². The van der Waals surface area contributed by atoms with E-state index in [4.69, 9.17) is 17.3 Å². The Kier molecular flexibility index (Phi) is 2.94. The summed E-state index contributed by atoms with van der Waals surface area (Å²) in [5.74, 6) is -0.501. The molecule has 2 nitrogen and oxygen atoms in total. The third-order valence-corrected chi connectivity index (χ3v) is 2.48. The van der Waals surface area contributed by atoms with Crippen molar-refractivity contribution in [2.75, 3.05) is 0 Å². The Morgan fingerprint density at radius 2 is 1.85 bits per heavy atom. The van der Waals surface area contributed by atoms with Gasteiger partial charge in [0, 0.05) is 0 Å².